The number of hydrogen-bond acceptors (Lipinski definition) is 4. The number of thioether (sulfide) groups is 1. The van der Waals surface area contributed by atoms with Crippen molar-refractivity contribution in [2.45, 2.75) is 12.8 Å². The number of amides is 1. The highest BCUT2D eigenvalue weighted by Gasteiger charge is 2.33. The summed E-state index contributed by atoms with van der Waals surface area (Å²) in [7, 11) is 0. The van der Waals surface area contributed by atoms with Gasteiger partial charge in [-0.25, -0.2) is 4.99 Å². The Labute approximate surface area is 207 Å². The number of ether oxygens (including phenoxy) is 1. The number of aliphatic imine (C=N–C) groups is 1. The number of nitrogens with one attached hydrogen (secondary N) is 1. The minimum Gasteiger partial charge on any atom is -0.489 e. The van der Waals surface area contributed by atoms with Crippen LogP contribution in [0, 0.1) is 0 Å². The van der Waals surface area contributed by atoms with Gasteiger partial charge >= 0.3 is 6.18 Å². The molecule has 0 spiro atoms. The van der Waals surface area contributed by atoms with Crippen molar-refractivity contribution in [1.82, 2.24) is 5.32 Å². The molecule has 1 N–H and O–H groups in total. The van der Waals surface area contributed by atoms with Crippen LogP contribution in [0.5, 0.6) is 5.75 Å². The second-order valence-electron chi connectivity index (χ2n) is 7.13. The van der Waals surface area contributed by atoms with Gasteiger partial charge in [-0.15, -0.1) is 0 Å². The zero-order valence-corrected chi connectivity index (χ0v) is 19.5. The average molecular weight is 523 g/mol. The summed E-state index contributed by atoms with van der Waals surface area (Å²) in [5, 5.41) is 2.97. The van der Waals surface area contributed by atoms with Crippen LogP contribution < -0.4 is 10.1 Å². The third-order valence-corrected chi connectivity index (χ3v) is 6.12. The molecule has 0 saturated carbocycles. The Bertz CT molecular complexity index is 1270. The second-order valence-corrected chi connectivity index (χ2v) is 9.00. The minimum absolute atomic E-state index is 0.0305. The lowest BCUT2D eigenvalue weighted by molar-refractivity contribution is -0.137. The summed E-state index contributed by atoms with van der Waals surface area (Å²) in [6, 6.07) is 17.8. The van der Waals surface area contributed by atoms with Crippen molar-refractivity contribution in [2.75, 3.05) is 0 Å². The third-order valence-electron chi connectivity index (χ3n) is 4.63. The molecule has 1 aliphatic heterocycles. The lowest BCUT2D eigenvalue weighted by atomic mass is 10.2. The maximum absolute atomic E-state index is 13.1. The Balaban J connectivity index is 1.43. The third kappa shape index (κ3) is 6.14. The van der Waals surface area contributed by atoms with Crippen LogP contribution in [0.25, 0.3) is 6.08 Å². The topological polar surface area (TPSA) is 50.7 Å². The molecule has 0 atom stereocenters. The lowest BCUT2D eigenvalue weighted by Crippen LogP contribution is -2.19. The molecule has 1 fully saturated rings. The van der Waals surface area contributed by atoms with Crippen molar-refractivity contribution >= 4 is 57.8 Å². The van der Waals surface area contributed by atoms with Gasteiger partial charge in [0.05, 0.1) is 21.2 Å². The number of carbonyl (C=O) groups excluding carboxylic acids is 1. The van der Waals surface area contributed by atoms with Gasteiger partial charge in [-0.1, -0.05) is 47.5 Å². The van der Waals surface area contributed by atoms with Crippen molar-refractivity contribution in [1.29, 1.82) is 0 Å². The number of alkyl halides is 3. The van der Waals surface area contributed by atoms with Crippen LogP contribution in [0.3, 0.4) is 0 Å². The van der Waals surface area contributed by atoms with Crippen LogP contribution in [-0.4, -0.2) is 11.1 Å². The molecule has 1 saturated heterocycles. The summed E-state index contributed by atoms with van der Waals surface area (Å²) in [4.78, 5) is 16.8. The summed E-state index contributed by atoms with van der Waals surface area (Å²) < 4.78 is 44.9. The Hall–Kier alpha value is -2.94. The zero-order chi connectivity index (χ0) is 24.3. The quantitative estimate of drug-likeness (QED) is 0.353. The largest absolute Gasteiger partial charge is 0.489 e. The highest BCUT2D eigenvalue weighted by atomic mass is 35.5. The molecule has 34 heavy (non-hydrogen) atoms. The maximum Gasteiger partial charge on any atom is 0.417 e. The number of carbonyl (C=O) groups is 1. The van der Waals surface area contributed by atoms with Gasteiger partial charge in [0.1, 0.15) is 12.4 Å². The van der Waals surface area contributed by atoms with E-state index >= 15 is 0 Å². The molecule has 1 heterocycles. The predicted octanol–water partition coefficient (Wildman–Crippen LogP) is 7.48. The first-order valence-electron chi connectivity index (χ1n) is 9.81. The number of halogens is 5. The molecule has 4 nitrogen and oxygen atoms in total. The fourth-order valence-electron chi connectivity index (χ4n) is 2.96. The Morgan fingerprint density at radius 3 is 2.38 bits per heavy atom. The van der Waals surface area contributed by atoms with Gasteiger partial charge in [0.25, 0.3) is 5.91 Å². The van der Waals surface area contributed by atoms with E-state index in [4.69, 9.17) is 27.9 Å². The summed E-state index contributed by atoms with van der Waals surface area (Å²) in [6.45, 7) is 0.385. The first kappa shape index (κ1) is 24.2. The van der Waals surface area contributed by atoms with Crippen LogP contribution in [0.1, 0.15) is 16.7 Å². The first-order valence-corrected chi connectivity index (χ1v) is 11.4. The van der Waals surface area contributed by atoms with E-state index in [2.05, 4.69) is 10.3 Å². The van der Waals surface area contributed by atoms with E-state index in [0.29, 0.717) is 22.3 Å². The van der Waals surface area contributed by atoms with Crippen LogP contribution in [-0.2, 0) is 17.6 Å². The van der Waals surface area contributed by atoms with Crippen LogP contribution in [0.4, 0.5) is 18.9 Å². The molecule has 10 heteroatoms. The van der Waals surface area contributed by atoms with E-state index in [1.54, 1.807) is 42.5 Å². The summed E-state index contributed by atoms with van der Waals surface area (Å²) in [5.74, 6) is 0.267. The molecular weight excluding hydrogens is 508 g/mol. The fourth-order valence-corrected chi connectivity index (χ4v) is 4.15. The number of rotatable bonds is 5. The molecule has 3 aromatic rings. The number of nitrogens with zero attached hydrogens (tertiary/aromatic N) is 1. The van der Waals surface area contributed by atoms with E-state index in [9.17, 15) is 18.0 Å². The van der Waals surface area contributed by atoms with E-state index in [1.807, 2.05) is 12.1 Å². The van der Waals surface area contributed by atoms with Gasteiger partial charge in [0, 0.05) is 5.02 Å². The molecule has 1 amide bonds. The lowest BCUT2D eigenvalue weighted by Gasteiger charge is -2.09. The van der Waals surface area contributed by atoms with Crippen molar-refractivity contribution in [3.8, 4) is 5.75 Å². The summed E-state index contributed by atoms with van der Waals surface area (Å²) in [5.41, 5.74) is 0.774. The predicted molar refractivity (Wildman–Crippen MR) is 129 cm³/mol. The molecule has 174 valence electrons. The number of hydrogen-bond donors (Lipinski definition) is 1. The van der Waals surface area contributed by atoms with Gasteiger partial charge in [-0.2, -0.15) is 13.2 Å². The van der Waals surface area contributed by atoms with Crippen molar-refractivity contribution in [2.24, 2.45) is 4.99 Å². The first-order chi connectivity index (χ1) is 16.2. The van der Waals surface area contributed by atoms with E-state index in [1.165, 1.54) is 6.07 Å². The molecule has 4 rings (SSSR count). The Kier molecular flexibility index (Phi) is 7.21. The molecule has 0 unspecified atom stereocenters. The molecule has 0 aliphatic carbocycles. The van der Waals surface area contributed by atoms with Gasteiger partial charge < -0.3 is 10.1 Å². The SMILES string of the molecule is O=C1NC(=Nc2ccc(Cl)c(C(F)(F)F)c2)SC1=Cc1ccc(OCc2ccc(Cl)cc2)cc1. The zero-order valence-electron chi connectivity index (χ0n) is 17.2. The highest BCUT2D eigenvalue weighted by Crippen LogP contribution is 2.37. The monoisotopic (exact) mass is 522 g/mol. The van der Waals surface area contributed by atoms with Crippen LogP contribution >= 0.6 is 35.0 Å². The van der Waals surface area contributed by atoms with E-state index < -0.39 is 22.7 Å². The molecule has 1 aliphatic rings. The van der Waals surface area contributed by atoms with Crippen LogP contribution in [0.2, 0.25) is 10.0 Å². The van der Waals surface area contributed by atoms with E-state index in [0.717, 1.165) is 35.0 Å². The standard InChI is InChI=1S/C24H15Cl2F3N2O2S/c25-16-5-1-15(2-6-16)13-33-18-8-3-14(4-9-18)11-21-22(32)31-23(34-21)30-17-7-10-20(26)19(12-17)24(27,28)29/h1-12H,13H2,(H,30,31,32). The van der Waals surface area contributed by atoms with Gasteiger partial charge in [-0.05, 0) is 71.4 Å². The normalized spacial score (nSPS) is 16.2. The maximum atomic E-state index is 13.1. The summed E-state index contributed by atoms with van der Waals surface area (Å²) in [6.07, 6.45) is -2.94. The van der Waals surface area contributed by atoms with Crippen molar-refractivity contribution in [3.63, 3.8) is 0 Å². The van der Waals surface area contributed by atoms with Gasteiger partial charge in [-0.3, -0.25) is 4.79 Å². The molecule has 3 aromatic carbocycles. The smallest absolute Gasteiger partial charge is 0.417 e. The molecular formula is C24H15Cl2F3N2O2S. The summed E-state index contributed by atoms with van der Waals surface area (Å²) >= 11 is 12.5. The number of amidine groups is 1. The molecule has 0 radical (unpaired) electrons. The Morgan fingerprint density at radius 2 is 1.71 bits per heavy atom. The average Bonchev–Trinajstić information content (AvgIpc) is 3.13. The van der Waals surface area contributed by atoms with Gasteiger partial charge in [0.2, 0.25) is 0 Å². The molecule has 0 aromatic heterocycles. The highest BCUT2D eigenvalue weighted by molar-refractivity contribution is 8.18. The van der Waals surface area contributed by atoms with E-state index in [-0.39, 0.29) is 10.9 Å². The van der Waals surface area contributed by atoms with Crippen molar-refractivity contribution in [3.05, 3.63) is 98.4 Å². The van der Waals surface area contributed by atoms with Crippen molar-refractivity contribution < 1.29 is 22.7 Å². The minimum atomic E-state index is -4.60. The van der Waals surface area contributed by atoms with Crippen LogP contribution in [0.15, 0.2) is 76.6 Å². The Morgan fingerprint density at radius 1 is 1.00 bits per heavy atom. The second kappa shape index (κ2) is 10.1. The van der Waals surface area contributed by atoms with Gasteiger partial charge in [0.15, 0.2) is 5.17 Å². The fraction of sp³-hybridized carbons (Fsp3) is 0.0833. The number of benzene rings is 3. The molecule has 0 bridgehead atoms.